The van der Waals surface area contributed by atoms with Crippen LogP contribution in [0.15, 0.2) is 48.5 Å². The summed E-state index contributed by atoms with van der Waals surface area (Å²) in [6.07, 6.45) is 3.49. The van der Waals surface area contributed by atoms with E-state index in [0.29, 0.717) is 12.5 Å². The molecule has 0 radical (unpaired) electrons. The summed E-state index contributed by atoms with van der Waals surface area (Å²) in [4.78, 5) is 27.9. The van der Waals surface area contributed by atoms with E-state index in [-0.39, 0.29) is 11.8 Å². The molecular formula is C24H25N3O2. The van der Waals surface area contributed by atoms with Gasteiger partial charge in [-0.1, -0.05) is 18.2 Å². The van der Waals surface area contributed by atoms with Crippen molar-refractivity contribution in [2.75, 3.05) is 5.32 Å². The van der Waals surface area contributed by atoms with Crippen LogP contribution in [0.25, 0.3) is 22.2 Å². The van der Waals surface area contributed by atoms with Crippen LogP contribution in [0.4, 0.5) is 5.69 Å². The highest BCUT2D eigenvalue weighted by molar-refractivity contribution is 5.89. The summed E-state index contributed by atoms with van der Waals surface area (Å²) in [5, 5.41) is 6.93. The van der Waals surface area contributed by atoms with Gasteiger partial charge < -0.3 is 10.6 Å². The summed E-state index contributed by atoms with van der Waals surface area (Å²) in [7, 11) is 0. The van der Waals surface area contributed by atoms with E-state index in [1.807, 2.05) is 30.3 Å². The largest absolute Gasteiger partial charge is 0.353 e. The van der Waals surface area contributed by atoms with Gasteiger partial charge in [0.15, 0.2) is 0 Å². The van der Waals surface area contributed by atoms with Gasteiger partial charge in [0.25, 0.3) is 0 Å². The van der Waals surface area contributed by atoms with E-state index >= 15 is 0 Å². The van der Waals surface area contributed by atoms with E-state index in [2.05, 4.69) is 35.8 Å². The van der Waals surface area contributed by atoms with Crippen LogP contribution in [0.3, 0.4) is 0 Å². The van der Waals surface area contributed by atoms with Crippen LogP contribution >= 0.6 is 0 Å². The minimum Gasteiger partial charge on any atom is -0.353 e. The molecule has 4 rings (SSSR count). The average molecular weight is 387 g/mol. The molecular weight excluding hydrogens is 362 g/mol. The van der Waals surface area contributed by atoms with Gasteiger partial charge in [0.1, 0.15) is 0 Å². The standard InChI is InChI=1S/C24H25N3O2/c1-15-13-23(18-5-7-19(8-6-18)25-16(2)28)27-22-11-3-17(14-21(15)22)4-12-24(29)26-20-9-10-20/h3,5-8,11,13-14,20H,4,9-10,12H2,1-2H3,(H,25,28)(H,26,29). The Morgan fingerprint density at radius 3 is 2.52 bits per heavy atom. The Kier molecular flexibility index (Phi) is 5.30. The molecule has 0 saturated heterocycles. The number of pyridine rings is 1. The summed E-state index contributed by atoms with van der Waals surface area (Å²) in [6.45, 7) is 3.58. The third kappa shape index (κ3) is 4.80. The molecule has 2 amide bonds. The first-order valence-electron chi connectivity index (χ1n) is 10.1. The first-order chi connectivity index (χ1) is 14.0. The molecule has 2 N–H and O–H groups in total. The Bertz CT molecular complexity index is 1070. The van der Waals surface area contributed by atoms with E-state index in [9.17, 15) is 9.59 Å². The Labute approximate surface area is 170 Å². The van der Waals surface area contributed by atoms with Crippen molar-refractivity contribution < 1.29 is 9.59 Å². The van der Waals surface area contributed by atoms with Crippen molar-refractivity contribution in [3.05, 3.63) is 59.7 Å². The van der Waals surface area contributed by atoms with Crippen LogP contribution in [-0.2, 0) is 16.0 Å². The number of rotatable bonds is 6. The second kappa shape index (κ2) is 8.03. The van der Waals surface area contributed by atoms with Gasteiger partial charge in [0.05, 0.1) is 11.2 Å². The van der Waals surface area contributed by atoms with Gasteiger partial charge in [0.2, 0.25) is 11.8 Å². The molecule has 0 unspecified atom stereocenters. The molecule has 148 valence electrons. The summed E-state index contributed by atoms with van der Waals surface area (Å²) < 4.78 is 0. The second-order valence-electron chi connectivity index (χ2n) is 7.78. The van der Waals surface area contributed by atoms with Crippen molar-refractivity contribution in [2.24, 2.45) is 0 Å². The molecule has 0 spiro atoms. The molecule has 1 fully saturated rings. The number of aryl methyl sites for hydroxylation is 2. The summed E-state index contributed by atoms with van der Waals surface area (Å²) in [5.41, 5.74) is 5.93. The molecule has 1 saturated carbocycles. The molecule has 1 heterocycles. The van der Waals surface area contributed by atoms with Gasteiger partial charge in [-0.25, -0.2) is 4.98 Å². The van der Waals surface area contributed by atoms with Gasteiger partial charge in [-0.2, -0.15) is 0 Å². The number of carbonyl (C=O) groups excluding carboxylic acids is 2. The van der Waals surface area contributed by atoms with Gasteiger partial charge in [0, 0.05) is 36.0 Å². The number of carbonyl (C=O) groups is 2. The van der Waals surface area contributed by atoms with Crippen molar-refractivity contribution >= 4 is 28.4 Å². The number of hydrogen-bond acceptors (Lipinski definition) is 3. The Morgan fingerprint density at radius 1 is 1.07 bits per heavy atom. The monoisotopic (exact) mass is 387 g/mol. The Hall–Kier alpha value is -3.21. The number of fused-ring (bicyclic) bond motifs is 1. The highest BCUT2D eigenvalue weighted by atomic mass is 16.2. The van der Waals surface area contributed by atoms with Crippen molar-refractivity contribution in [3.8, 4) is 11.3 Å². The van der Waals surface area contributed by atoms with Crippen LogP contribution in [0, 0.1) is 6.92 Å². The van der Waals surface area contributed by atoms with Crippen LogP contribution in [0.2, 0.25) is 0 Å². The zero-order valence-corrected chi connectivity index (χ0v) is 16.8. The smallest absolute Gasteiger partial charge is 0.221 e. The first kappa shape index (κ1) is 19.1. The molecule has 1 aliphatic rings. The van der Waals surface area contributed by atoms with E-state index in [1.165, 1.54) is 6.92 Å². The summed E-state index contributed by atoms with van der Waals surface area (Å²) in [6, 6.07) is 16.4. The van der Waals surface area contributed by atoms with Gasteiger partial charge >= 0.3 is 0 Å². The third-order valence-electron chi connectivity index (χ3n) is 5.16. The zero-order chi connectivity index (χ0) is 20.4. The first-order valence-corrected chi connectivity index (χ1v) is 10.1. The van der Waals surface area contributed by atoms with Crippen molar-refractivity contribution in [3.63, 3.8) is 0 Å². The lowest BCUT2D eigenvalue weighted by Crippen LogP contribution is -2.25. The maximum atomic E-state index is 11.9. The van der Waals surface area contributed by atoms with Crippen LogP contribution in [0.1, 0.15) is 37.3 Å². The minimum atomic E-state index is -0.0850. The highest BCUT2D eigenvalue weighted by Gasteiger charge is 2.22. The molecule has 2 aromatic carbocycles. The molecule has 3 aromatic rings. The fraction of sp³-hybridized carbons (Fsp3) is 0.292. The van der Waals surface area contributed by atoms with Crippen molar-refractivity contribution in [1.29, 1.82) is 0 Å². The highest BCUT2D eigenvalue weighted by Crippen LogP contribution is 2.26. The molecule has 1 aromatic heterocycles. The lowest BCUT2D eigenvalue weighted by Gasteiger charge is -2.10. The van der Waals surface area contributed by atoms with Crippen LogP contribution in [-0.4, -0.2) is 22.8 Å². The van der Waals surface area contributed by atoms with Crippen molar-refractivity contribution in [1.82, 2.24) is 10.3 Å². The normalized spacial score (nSPS) is 13.3. The fourth-order valence-corrected chi connectivity index (χ4v) is 3.46. The molecule has 5 heteroatoms. The van der Waals surface area contributed by atoms with Gasteiger partial charge in [-0.3, -0.25) is 9.59 Å². The Balaban J connectivity index is 1.52. The zero-order valence-electron chi connectivity index (χ0n) is 16.8. The number of anilines is 1. The molecule has 0 atom stereocenters. The predicted molar refractivity (Wildman–Crippen MR) is 116 cm³/mol. The summed E-state index contributed by atoms with van der Waals surface area (Å²) >= 11 is 0. The molecule has 0 aliphatic heterocycles. The topological polar surface area (TPSA) is 71.1 Å². The minimum absolute atomic E-state index is 0.0850. The predicted octanol–water partition coefficient (Wildman–Crippen LogP) is 4.38. The Morgan fingerprint density at radius 2 is 1.83 bits per heavy atom. The van der Waals surface area contributed by atoms with E-state index < -0.39 is 0 Å². The lowest BCUT2D eigenvalue weighted by molar-refractivity contribution is -0.121. The number of hydrogen-bond donors (Lipinski definition) is 2. The number of aromatic nitrogens is 1. The maximum absolute atomic E-state index is 11.9. The average Bonchev–Trinajstić information content (AvgIpc) is 3.50. The summed E-state index contributed by atoms with van der Waals surface area (Å²) in [5.74, 6) is 0.0544. The van der Waals surface area contributed by atoms with Crippen molar-refractivity contribution in [2.45, 2.75) is 45.6 Å². The SMILES string of the molecule is CC(=O)Nc1ccc(-c2cc(C)c3cc(CCC(=O)NC4CC4)ccc3n2)cc1. The maximum Gasteiger partial charge on any atom is 0.221 e. The molecule has 29 heavy (non-hydrogen) atoms. The number of amides is 2. The number of nitrogens with zero attached hydrogens (tertiary/aromatic N) is 1. The van der Waals surface area contributed by atoms with Gasteiger partial charge in [-0.05, 0) is 67.6 Å². The molecule has 1 aliphatic carbocycles. The number of nitrogens with one attached hydrogen (secondary N) is 2. The second-order valence-corrected chi connectivity index (χ2v) is 7.78. The van der Waals surface area contributed by atoms with Crippen LogP contribution < -0.4 is 10.6 Å². The lowest BCUT2D eigenvalue weighted by atomic mass is 10.0. The number of benzene rings is 2. The van der Waals surface area contributed by atoms with E-state index in [0.717, 1.165) is 58.2 Å². The molecule has 0 bridgehead atoms. The van der Waals surface area contributed by atoms with E-state index in [1.54, 1.807) is 0 Å². The fourth-order valence-electron chi connectivity index (χ4n) is 3.46. The van der Waals surface area contributed by atoms with Gasteiger partial charge in [-0.15, -0.1) is 0 Å². The van der Waals surface area contributed by atoms with E-state index in [4.69, 9.17) is 4.98 Å². The molecule has 5 nitrogen and oxygen atoms in total. The quantitative estimate of drug-likeness (QED) is 0.659. The van der Waals surface area contributed by atoms with Crippen LogP contribution in [0.5, 0.6) is 0 Å². The third-order valence-corrected chi connectivity index (χ3v) is 5.16.